The zero-order valence-corrected chi connectivity index (χ0v) is 14.0. The summed E-state index contributed by atoms with van der Waals surface area (Å²) in [5, 5.41) is 17.4. The molecule has 0 radical (unpaired) electrons. The Kier molecular flexibility index (Phi) is 7.82. The third-order valence-electron chi connectivity index (χ3n) is 3.28. The van der Waals surface area contributed by atoms with Crippen LogP contribution < -0.4 is 4.74 Å². The molecule has 0 aliphatic rings. The molecule has 128 valence electrons. The van der Waals surface area contributed by atoms with Crippen molar-refractivity contribution in [3.05, 3.63) is 102 Å². The number of hydrogen-bond acceptors (Lipinski definition) is 3. The number of hydrogen-bond donors (Lipinski definition) is 2. The molecule has 3 aromatic rings. The van der Waals surface area contributed by atoms with E-state index in [1.54, 1.807) is 30.3 Å². The van der Waals surface area contributed by atoms with Crippen LogP contribution in [0, 0.1) is 0 Å². The minimum Gasteiger partial charge on any atom is -0.508 e. The molecular weight excluding hydrogens is 312 g/mol. The first kappa shape index (κ1) is 18.3. The van der Waals surface area contributed by atoms with E-state index in [0.717, 1.165) is 16.9 Å². The summed E-state index contributed by atoms with van der Waals surface area (Å²) in [5.41, 5.74) is 2.17. The maximum Gasteiger partial charge on any atom is 0.120 e. The van der Waals surface area contributed by atoms with Gasteiger partial charge < -0.3 is 14.9 Å². The molecule has 0 unspecified atom stereocenters. The van der Waals surface area contributed by atoms with Gasteiger partial charge in [0.05, 0.1) is 6.61 Å². The fraction of sp³-hybridized carbons (Fsp3) is 0.0909. The number of para-hydroxylation sites is 1. The van der Waals surface area contributed by atoms with E-state index in [-0.39, 0.29) is 6.61 Å². The first-order chi connectivity index (χ1) is 12.3. The summed E-state index contributed by atoms with van der Waals surface area (Å²) in [6.45, 7) is 0.614. The first-order valence-electron chi connectivity index (χ1n) is 8.06. The van der Waals surface area contributed by atoms with Crippen LogP contribution in [0.15, 0.2) is 91.0 Å². The largest absolute Gasteiger partial charge is 0.508 e. The summed E-state index contributed by atoms with van der Waals surface area (Å²) < 4.78 is 5.72. The summed E-state index contributed by atoms with van der Waals surface area (Å²) in [6, 6.07) is 26.6. The van der Waals surface area contributed by atoms with Crippen molar-refractivity contribution in [1.82, 2.24) is 0 Å². The van der Waals surface area contributed by atoms with Crippen LogP contribution in [0.4, 0.5) is 0 Å². The Morgan fingerprint density at radius 2 is 1.48 bits per heavy atom. The average Bonchev–Trinajstić information content (AvgIpc) is 2.67. The minimum absolute atomic E-state index is 0.0507. The van der Waals surface area contributed by atoms with E-state index in [4.69, 9.17) is 14.9 Å². The number of ether oxygens (including phenoxy) is 1. The van der Waals surface area contributed by atoms with E-state index in [9.17, 15) is 0 Å². The number of benzene rings is 3. The van der Waals surface area contributed by atoms with Gasteiger partial charge in [-0.1, -0.05) is 72.8 Å². The monoisotopic (exact) mass is 334 g/mol. The molecule has 0 aliphatic carbocycles. The van der Waals surface area contributed by atoms with Gasteiger partial charge in [-0.05, 0) is 35.4 Å². The molecule has 0 spiro atoms. The quantitative estimate of drug-likeness (QED) is 0.713. The second-order valence-electron chi connectivity index (χ2n) is 5.27. The van der Waals surface area contributed by atoms with Crippen molar-refractivity contribution in [1.29, 1.82) is 0 Å². The highest BCUT2D eigenvalue weighted by Gasteiger charge is 1.96. The molecule has 0 aliphatic heterocycles. The molecule has 25 heavy (non-hydrogen) atoms. The fourth-order valence-corrected chi connectivity index (χ4v) is 2.07. The highest BCUT2D eigenvalue weighted by Crippen LogP contribution is 2.16. The number of aromatic hydroxyl groups is 1. The average molecular weight is 334 g/mol. The lowest BCUT2D eigenvalue weighted by Gasteiger charge is -2.06. The van der Waals surface area contributed by atoms with Crippen molar-refractivity contribution in [3.8, 4) is 11.5 Å². The normalized spacial score (nSPS) is 10.1. The van der Waals surface area contributed by atoms with E-state index < -0.39 is 0 Å². The maximum absolute atomic E-state index is 8.73. The van der Waals surface area contributed by atoms with E-state index in [1.807, 2.05) is 66.7 Å². The van der Waals surface area contributed by atoms with Crippen LogP contribution in [0.5, 0.6) is 11.5 Å². The second kappa shape index (κ2) is 10.7. The van der Waals surface area contributed by atoms with Crippen LogP contribution in [0.2, 0.25) is 0 Å². The molecule has 3 rings (SSSR count). The highest BCUT2D eigenvalue weighted by atomic mass is 16.5. The van der Waals surface area contributed by atoms with Crippen LogP contribution in [0.1, 0.15) is 11.1 Å². The van der Waals surface area contributed by atoms with E-state index in [0.29, 0.717) is 12.4 Å². The molecule has 0 fully saturated rings. The summed E-state index contributed by atoms with van der Waals surface area (Å²) in [7, 11) is 0. The summed E-state index contributed by atoms with van der Waals surface area (Å²) in [6.07, 6.45) is 3.58. The van der Waals surface area contributed by atoms with Crippen LogP contribution >= 0.6 is 0 Å². The molecule has 0 saturated heterocycles. The number of phenols is 1. The third-order valence-corrected chi connectivity index (χ3v) is 3.28. The second-order valence-corrected chi connectivity index (χ2v) is 5.27. The van der Waals surface area contributed by atoms with Crippen LogP contribution in [-0.4, -0.2) is 16.8 Å². The van der Waals surface area contributed by atoms with E-state index in [1.165, 1.54) is 0 Å². The van der Waals surface area contributed by atoms with Crippen molar-refractivity contribution < 1.29 is 14.9 Å². The molecule has 3 nitrogen and oxygen atoms in total. The molecule has 0 atom stereocenters. The summed E-state index contributed by atoms with van der Waals surface area (Å²) in [4.78, 5) is 0. The van der Waals surface area contributed by atoms with Gasteiger partial charge in [-0.2, -0.15) is 0 Å². The van der Waals surface area contributed by atoms with Gasteiger partial charge in [0.1, 0.15) is 18.1 Å². The Bertz CT molecular complexity index is 752. The van der Waals surface area contributed by atoms with Crippen molar-refractivity contribution in [2.45, 2.75) is 6.61 Å². The topological polar surface area (TPSA) is 49.7 Å². The van der Waals surface area contributed by atoms with Crippen LogP contribution in [0.25, 0.3) is 6.08 Å². The van der Waals surface area contributed by atoms with Gasteiger partial charge >= 0.3 is 0 Å². The Morgan fingerprint density at radius 1 is 0.800 bits per heavy atom. The Balaban J connectivity index is 0.000000269. The Labute approximate surface area is 148 Å². The molecule has 0 aromatic heterocycles. The zero-order chi connectivity index (χ0) is 17.7. The van der Waals surface area contributed by atoms with Gasteiger partial charge in [0.2, 0.25) is 0 Å². The van der Waals surface area contributed by atoms with Crippen molar-refractivity contribution >= 4 is 6.08 Å². The molecule has 0 bridgehead atoms. The molecule has 3 aromatic carbocycles. The van der Waals surface area contributed by atoms with Crippen molar-refractivity contribution in [2.24, 2.45) is 0 Å². The fourth-order valence-electron chi connectivity index (χ4n) is 2.07. The maximum atomic E-state index is 8.73. The SMILES string of the molecule is OCC=Cc1cccc(OCc2ccccc2)c1.Oc1ccccc1. The number of rotatable bonds is 5. The van der Waals surface area contributed by atoms with Crippen molar-refractivity contribution in [2.75, 3.05) is 6.61 Å². The lowest BCUT2D eigenvalue weighted by molar-refractivity contribution is 0.306. The van der Waals surface area contributed by atoms with Gasteiger partial charge in [-0.25, -0.2) is 0 Å². The van der Waals surface area contributed by atoms with Gasteiger partial charge in [-0.15, -0.1) is 0 Å². The van der Waals surface area contributed by atoms with Gasteiger partial charge in [0.15, 0.2) is 0 Å². The van der Waals surface area contributed by atoms with Gasteiger partial charge in [-0.3, -0.25) is 0 Å². The number of aliphatic hydroxyl groups excluding tert-OH is 1. The molecule has 2 N–H and O–H groups in total. The third kappa shape index (κ3) is 7.38. The minimum atomic E-state index is 0.0507. The standard InChI is InChI=1S/C16H16O2.C6H6O/c17-11-5-9-14-8-4-10-16(12-14)18-13-15-6-2-1-3-7-15;7-6-4-2-1-3-5-6/h1-10,12,17H,11,13H2;1-5,7H. The molecule has 0 heterocycles. The molecule has 3 heteroatoms. The summed E-state index contributed by atoms with van der Waals surface area (Å²) >= 11 is 0. The van der Waals surface area contributed by atoms with Gasteiger partial charge in [0, 0.05) is 0 Å². The molecular formula is C22H22O3. The summed E-state index contributed by atoms with van der Waals surface area (Å²) in [5.74, 6) is 1.15. The molecule has 0 saturated carbocycles. The predicted molar refractivity (Wildman–Crippen MR) is 101 cm³/mol. The molecule has 0 amide bonds. The van der Waals surface area contributed by atoms with Crippen LogP contribution in [0.3, 0.4) is 0 Å². The van der Waals surface area contributed by atoms with Gasteiger partial charge in [0.25, 0.3) is 0 Å². The number of phenolic OH excluding ortho intramolecular Hbond substituents is 1. The van der Waals surface area contributed by atoms with E-state index in [2.05, 4.69) is 0 Å². The predicted octanol–water partition coefficient (Wildman–Crippen LogP) is 4.66. The lowest BCUT2D eigenvalue weighted by atomic mass is 10.2. The van der Waals surface area contributed by atoms with E-state index >= 15 is 0 Å². The zero-order valence-electron chi connectivity index (χ0n) is 14.0. The van der Waals surface area contributed by atoms with Crippen molar-refractivity contribution in [3.63, 3.8) is 0 Å². The lowest BCUT2D eigenvalue weighted by Crippen LogP contribution is -1.94. The number of aliphatic hydroxyl groups is 1. The smallest absolute Gasteiger partial charge is 0.120 e. The van der Waals surface area contributed by atoms with Crippen LogP contribution in [-0.2, 0) is 6.61 Å². The Hall–Kier alpha value is -3.04. The Morgan fingerprint density at radius 3 is 2.08 bits per heavy atom. The highest BCUT2D eigenvalue weighted by molar-refractivity contribution is 5.51. The first-order valence-corrected chi connectivity index (χ1v) is 8.06.